The van der Waals surface area contributed by atoms with Crippen LogP contribution >= 0.6 is 15.9 Å². The quantitative estimate of drug-likeness (QED) is 0.487. The van der Waals surface area contributed by atoms with Crippen LogP contribution in [0.2, 0.25) is 0 Å². The van der Waals surface area contributed by atoms with E-state index >= 15 is 0 Å². The molecule has 0 bridgehead atoms. The van der Waals surface area contributed by atoms with Crippen molar-refractivity contribution in [3.05, 3.63) is 40.0 Å². The third-order valence-corrected chi connectivity index (χ3v) is 6.58. The number of ether oxygens (including phenoxy) is 2. The van der Waals surface area contributed by atoms with Gasteiger partial charge >= 0.3 is 12.1 Å². The topological polar surface area (TPSA) is 118 Å². The van der Waals surface area contributed by atoms with Crippen LogP contribution in [-0.2, 0) is 19.1 Å². The highest BCUT2D eigenvalue weighted by Gasteiger charge is 2.31. The van der Waals surface area contributed by atoms with Crippen LogP contribution in [0, 0.1) is 6.92 Å². The molecule has 1 N–H and O–H groups in total. The third-order valence-electron chi connectivity index (χ3n) is 5.93. The number of nitrogens with zero attached hydrogens (tertiary/aromatic N) is 3. The lowest BCUT2D eigenvalue weighted by Gasteiger charge is -2.36. The lowest BCUT2D eigenvalue weighted by atomic mass is 10.1. The van der Waals surface area contributed by atoms with Crippen LogP contribution in [0.15, 0.2) is 28.7 Å². The van der Waals surface area contributed by atoms with Crippen LogP contribution < -0.4 is 5.32 Å². The van der Waals surface area contributed by atoms with Gasteiger partial charge in [0.25, 0.3) is 5.91 Å². The fraction of sp³-hybridized carbons (Fsp3) is 0.519. The molecule has 1 aromatic carbocycles. The van der Waals surface area contributed by atoms with E-state index in [4.69, 9.17) is 9.47 Å². The van der Waals surface area contributed by atoms with Crippen LogP contribution in [0.3, 0.4) is 0 Å². The van der Waals surface area contributed by atoms with Gasteiger partial charge in [0.2, 0.25) is 5.91 Å². The van der Waals surface area contributed by atoms with Crippen molar-refractivity contribution in [3.63, 3.8) is 0 Å². The Hall–Kier alpha value is -3.21. The molecule has 38 heavy (non-hydrogen) atoms. The number of aromatic nitrogens is 1. The maximum atomic E-state index is 13.5. The molecule has 3 rings (SSSR count). The minimum Gasteiger partial charge on any atom is -0.460 e. The highest BCUT2D eigenvalue weighted by Crippen LogP contribution is 2.25. The van der Waals surface area contributed by atoms with Crippen LogP contribution in [-0.4, -0.2) is 83.1 Å². The van der Waals surface area contributed by atoms with Gasteiger partial charge in [-0.2, -0.15) is 0 Å². The fourth-order valence-corrected chi connectivity index (χ4v) is 4.65. The summed E-state index contributed by atoms with van der Waals surface area (Å²) in [5.74, 6) is -1.32. The summed E-state index contributed by atoms with van der Waals surface area (Å²) < 4.78 is 11.1. The second kappa shape index (κ2) is 12.6. The van der Waals surface area contributed by atoms with Gasteiger partial charge in [-0.1, -0.05) is 28.1 Å². The molecule has 0 spiro atoms. The van der Waals surface area contributed by atoms with Crippen molar-refractivity contribution in [1.82, 2.24) is 20.1 Å². The number of esters is 1. The SMILES string of the molecule is CCOC(=O)N1CCN(C(=O)[C@H](CCC(=O)OC(C)(C)C)NC(=O)c2cc(Br)c3ccc(C)cc3n2)CC1. The second-order valence-corrected chi connectivity index (χ2v) is 11.0. The minimum absolute atomic E-state index is 0.0508. The summed E-state index contributed by atoms with van der Waals surface area (Å²) in [4.78, 5) is 58.8. The standard InChI is InChI=1S/C27H35BrN4O6/c1-6-37-26(36)32-13-11-31(12-14-32)25(35)20(9-10-23(33)38-27(3,4)5)30-24(34)22-16-19(28)18-8-7-17(2)15-21(18)29-22/h7-8,15-16,20H,6,9-14H2,1-5H3,(H,30,34)/t20-/m0/s1. The number of rotatable bonds is 7. The van der Waals surface area contributed by atoms with E-state index in [0.717, 1.165) is 10.9 Å². The first kappa shape index (κ1) is 29.3. The zero-order chi connectivity index (χ0) is 28.0. The van der Waals surface area contributed by atoms with E-state index in [1.54, 1.807) is 43.6 Å². The Kier molecular flexibility index (Phi) is 9.70. The number of pyridine rings is 1. The van der Waals surface area contributed by atoms with Crippen molar-refractivity contribution in [1.29, 1.82) is 0 Å². The first-order valence-corrected chi connectivity index (χ1v) is 13.5. The van der Waals surface area contributed by atoms with Gasteiger partial charge in [0.05, 0.1) is 12.1 Å². The molecule has 1 saturated heterocycles. The van der Waals surface area contributed by atoms with Crippen molar-refractivity contribution in [2.75, 3.05) is 32.8 Å². The van der Waals surface area contributed by atoms with Gasteiger partial charge in [-0.15, -0.1) is 0 Å². The number of piperazine rings is 1. The maximum Gasteiger partial charge on any atom is 0.409 e. The normalized spacial score (nSPS) is 14.7. The molecule has 1 atom stereocenters. The average Bonchev–Trinajstić information content (AvgIpc) is 2.84. The number of amides is 3. The number of halogens is 1. The first-order valence-electron chi connectivity index (χ1n) is 12.7. The van der Waals surface area contributed by atoms with Crippen molar-refractivity contribution < 1.29 is 28.7 Å². The molecule has 2 heterocycles. The van der Waals surface area contributed by atoms with Gasteiger partial charge in [-0.25, -0.2) is 9.78 Å². The zero-order valence-corrected chi connectivity index (χ0v) is 24.1. The summed E-state index contributed by atoms with van der Waals surface area (Å²) in [6.45, 7) is 10.5. The summed E-state index contributed by atoms with van der Waals surface area (Å²) in [6, 6.07) is 6.40. The predicted molar refractivity (Wildman–Crippen MR) is 146 cm³/mol. The molecule has 206 valence electrons. The van der Waals surface area contributed by atoms with Gasteiger partial charge in [0.15, 0.2) is 0 Å². The second-order valence-electron chi connectivity index (χ2n) is 10.2. The van der Waals surface area contributed by atoms with Crippen LogP contribution in [0.1, 0.15) is 56.6 Å². The maximum absolute atomic E-state index is 13.5. The number of benzene rings is 1. The highest BCUT2D eigenvalue weighted by molar-refractivity contribution is 9.10. The van der Waals surface area contributed by atoms with Crippen molar-refractivity contribution in [2.24, 2.45) is 0 Å². The van der Waals surface area contributed by atoms with E-state index in [1.807, 2.05) is 25.1 Å². The van der Waals surface area contributed by atoms with Crippen molar-refractivity contribution in [2.45, 2.75) is 59.1 Å². The molecule has 2 aromatic rings. The molecule has 1 aliphatic rings. The molecule has 11 heteroatoms. The highest BCUT2D eigenvalue weighted by atomic mass is 79.9. The van der Waals surface area contributed by atoms with E-state index in [1.165, 1.54) is 0 Å². The van der Waals surface area contributed by atoms with E-state index in [9.17, 15) is 19.2 Å². The minimum atomic E-state index is -0.974. The number of carbonyl (C=O) groups excluding carboxylic acids is 4. The summed E-state index contributed by atoms with van der Waals surface area (Å²) in [5.41, 5.74) is 1.14. The largest absolute Gasteiger partial charge is 0.460 e. The molecule has 3 amide bonds. The lowest BCUT2D eigenvalue weighted by molar-refractivity contribution is -0.155. The summed E-state index contributed by atoms with van der Waals surface area (Å²) in [5, 5.41) is 3.65. The summed E-state index contributed by atoms with van der Waals surface area (Å²) in [6.07, 6.45) is -0.409. The number of fused-ring (bicyclic) bond motifs is 1. The summed E-state index contributed by atoms with van der Waals surface area (Å²) in [7, 11) is 0. The Bertz CT molecular complexity index is 1200. The van der Waals surface area contributed by atoms with Crippen molar-refractivity contribution in [3.8, 4) is 0 Å². The third kappa shape index (κ3) is 7.89. The molecule has 1 aromatic heterocycles. The smallest absolute Gasteiger partial charge is 0.409 e. The van der Waals surface area contributed by atoms with Crippen LogP contribution in [0.25, 0.3) is 10.9 Å². The van der Waals surface area contributed by atoms with Crippen molar-refractivity contribution >= 4 is 50.7 Å². The Morgan fingerprint density at radius 3 is 2.37 bits per heavy atom. The Morgan fingerprint density at radius 2 is 1.74 bits per heavy atom. The van der Waals surface area contributed by atoms with Gasteiger partial charge in [-0.05, 0) is 58.7 Å². The molecule has 1 aliphatic heterocycles. The van der Waals surface area contributed by atoms with E-state index < -0.39 is 29.6 Å². The van der Waals surface area contributed by atoms with Gasteiger partial charge in [-0.3, -0.25) is 14.4 Å². The van der Waals surface area contributed by atoms with Crippen LogP contribution in [0.4, 0.5) is 4.79 Å². The number of nitrogens with one attached hydrogen (secondary N) is 1. The van der Waals surface area contributed by atoms with Gasteiger partial charge < -0.3 is 24.6 Å². The Balaban J connectivity index is 1.77. The molecule has 0 radical (unpaired) electrons. The lowest BCUT2D eigenvalue weighted by Crippen LogP contribution is -2.56. The van der Waals surface area contributed by atoms with Crippen LogP contribution in [0.5, 0.6) is 0 Å². The van der Waals surface area contributed by atoms with E-state index in [2.05, 4.69) is 26.2 Å². The molecule has 0 unspecified atom stereocenters. The van der Waals surface area contributed by atoms with E-state index in [-0.39, 0.29) is 44.1 Å². The van der Waals surface area contributed by atoms with Gasteiger partial charge in [0, 0.05) is 42.5 Å². The Morgan fingerprint density at radius 1 is 1.08 bits per heavy atom. The number of carbonyl (C=O) groups is 4. The number of hydrogen-bond acceptors (Lipinski definition) is 7. The molecule has 10 nitrogen and oxygen atoms in total. The van der Waals surface area contributed by atoms with E-state index in [0.29, 0.717) is 23.1 Å². The molecule has 0 aliphatic carbocycles. The first-order chi connectivity index (χ1) is 17.9. The zero-order valence-electron chi connectivity index (χ0n) is 22.5. The fourth-order valence-electron chi connectivity index (χ4n) is 4.10. The molecule has 1 fully saturated rings. The van der Waals surface area contributed by atoms with Gasteiger partial charge in [0.1, 0.15) is 17.3 Å². The summed E-state index contributed by atoms with van der Waals surface area (Å²) >= 11 is 3.51. The molecular formula is C27H35BrN4O6. The molecule has 0 saturated carbocycles. The Labute approximate surface area is 231 Å². The average molecular weight is 592 g/mol. The monoisotopic (exact) mass is 590 g/mol. The number of hydrogen-bond donors (Lipinski definition) is 1. The molecular weight excluding hydrogens is 556 g/mol. The number of aryl methyl sites for hydroxylation is 1. The predicted octanol–water partition coefficient (Wildman–Crippen LogP) is 3.83.